The number of halogens is 4. The van der Waals surface area contributed by atoms with Crippen molar-refractivity contribution >= 4 is 76.6 Å². The normalized spacial score (nSPS) is 11.4. The minimum Gasteiger partial charge on any atom is -0.224 e. The second-order valence-electron chi connectivity index (χ2n) is 11.2. The maximum Gasteiger partial charge on any atom is 0.209 e. The van der Waals surface area contributed by atoms with Gasteiger partial charge < -0.3 is 0 Å². The Morgan fingerprint density at radius 1 is 0.538 bits per heavy atom. The summed E-state index contributed by atoms with van der Waals surface area (Å²) in [7, 11) is 2.86. The first-order valence-electron chi connectivity index (χ1n) is 15.5. The molecular weight excluding hydrogens is 871 g/mol. The van der Waals surface area contributed by atoms with E-state index in [1.807, 2.05) is 97.1 Å². The lowest BCUT2D eigenvalue weighted by Gasteiger charge is -2.12. The van der Waals surface area contributed by atoms with Crippen LogP contribution in [0.15, 0.2) is 128 Å². The topological polar surface area (TPSA) is 123 Å². The van der Waals surface area contributed by atoms with Crippen LogP contribution in [0.2, 0.25) is 10.0 Å². The third-order valence-electron chi connectivity index (χ3n) is 7.67. The van der Waals surface area contributed by atoms with Crippen molar-refractivity contribution in [2.75, 3.05) is 0 Å². The first-order valence-corrected chi connectivity index (χ1v) is 19.9. The van der Waals surface area contributed by atoms with Crippen molar-refractivity contribution in [2.24, 2.45) is 0 Å². The lowest BCUT2D eigenvalue weighted by Crippen LogP contribution is -2.04. The minimum absolute atomic E-state index is 0.413. The van der Waals surface area contributed by atoms with Gasteiger partial charge in [-0.15, -0.1) is 20.4 Å². The standard InChI is InChI=1S/C34H22Br2Cl2N12S2/c35-23-13-9-21(10-14-23)19-47-43-31(41-45-47)25-17-39-49(29-7-3-1-5-27(29)37)33(25)51-52-34-26(18-40-50(34)30-8-4-2-6-28(30)38)32-42-46-48(44-32)20-22-11-15-24(36)16-12-22/h1-18H,19-20H2. The highest BCUT2D eigenvalue weighted by molar-refractivity contribution is 9.10. The molecule has 0 aliphatic heterocycles. The minimum atomic E-state index is 0.413. The molecule has 12 nitrogen and oxygen atoms in total. The number of hydrogen-bond acceptors (Lipinski definition) is 10. The average molecular weight is 893 g/mol. The Kier molecular flexibility index (Phi) is 10.3. The highest BCUT2D eigenvalue weighted by Crippen LogP contribution is 2.46. The van der Waals surface area contributed by atoms with E-state index < -0.39 is 0 Å². The van der Waals surface area contributed by atoms with E-state index in [2.05, 4.69) is 52.5 Å². The number of rotatable bonds is 11. The summed E-state index contributed by atoms with van der Waals surface area (Å²) in [6, 6.07) is 31.0. The number of nitrogens with zero attached hydrogens (tertiary/aromatic N) is 12. The van der Waals surface area contributed by atoms with Gasteiger partial charge in [0.25, 0.3) is 0 Å². The molecule has 0 radical (unpaired) electrons. The molecule has 0 amide bonds. The van der Waals surface area contributed by atoms with Crippen molar-refractivity contribution in [2.45, 2.75) is 23.1 Å². The summed E-state index contributed by atoms with van der Waals surface area (Å²) in [6.07, 6.45) is 3.43. The SMILES string of the molecule is Clc1ccccc1-n1ncc(-c2nnn(Cc3ccc(Br)cc3)n2)c1SSc1c(-c2nnn(Cc3ccc(Br)cc3)n2)cnn1-c1ccccc1Cl. The van der Waals surface area contributed by atoms with Gasteiger partial charge in [-0.1, -0.05) is 104 Å². The zero-order chi connectivity index (χ0) is 35.6. The fourth-order valence-corrected chi connectivity index (χ4v) is 8.61. The van der Waals surface area contributed by atoms with Gasteiger partial charge in [-0.2, -0.15) is 19.8 Å². The fourth-order valence-electron chi connectivity index (χ4n) is 5.15. The van der Waals surface area contributed by atoms with E-state index in [1.165, 1.54) is 21.6 Å². The van der Waals surface area contributed by atoms with Crippen molar-refractivity contribution in [1.82, 2.24) is 60.0 Å². The van der Waals surface area contributed by atoms with Crippen LogP contribution in [-0.2, 0) is 13.1 Å². The first-order chi connectivity index (χ1) is 25.4. The van der Waals surface area contributed by atoms with Crippen LogP contribution in [0.1, 0.15) is 11.1 Å². The number of tetrazole rings is 2. The van der Waals surface area contributed by atoms with Crippen LogP contribution in [0, 0.1) is 0 Å². The smallest absolute Gasteiger partial charge is 0.209 e. The van der Waals surface area contributed by atoms with Crippen LogP contribution >= 0.6 is 76.6 Å². The molecule has 0 fully saturated rings. The molecule has 4 heterocycles. The van der Waals surface area contributed by atoms with E-state index in [4.69, 9.17) is 43.6 Å². The largest absolute Gasteiger partial charge is 0.224 e. The number of hydrogen-bond donors (Lipinski definition) is 0. The van der Waals surface area contributed by atoms with Gasteiger partial charge in [0.15, 0.2) is 0 Å². The van der Waals surface area contributed by atoms with Crippen LogP contribution in [0.25, 0.3) is 34.2 Å². The molecule has 0 N–H and O–H groups in total. The third kappa shape index (κ3) is 7.44. The van der Waals surface area contributed by atoms with E-state index in [1.54, 1.807) is 31.4 Å². The molecule has 0 spiro atoms. The molecule has 8 aromatic rings. The number of benzene rings is 4. The molecule has 0 aliphatic rings. The Morgan fingerprint density at radius 3 is 1.35 bits per heavy atom. The summed E-state index contributed by atoms with van der Waals surface area (Å²) >= 11 is 20.4. The maximum atomic E-state index is 6.70. The van der Waals surface area contributed by atoms with Crippen LogP contribution < -0.4 is 0 Å². The molecule has 258 valence electrons. The van der Waals surface area contributed by atoms with Crippen molar-refractivity contribution in [3.8, 4) is 34.2 Å². The van der Waals surface area contributed by atoms with Gasteiger partial charge in [0.2, 0.25) is 11.6 Å². The monoisotopic (exact) mass is 890 g/mol. The van der Waals surface area contributed by atoms with Gasteiger partial charge >= 0.3 is 0 Å². The molecule has 4 aromatic carbocycles. The number of aromatic nitrogens is 12. The lowest BCUT2D eigenvalue weighted by atomic mass is 10.2. The predicted octanol–water partition coefficient (Wildman–Crippen LogP) is 9.09. The maximum absolute atomic E-state index is 6.70. The molecule has 4 aromatic heterocycles. The quantitative estimate of drug-likeness (QED) is 0.116. The molecule has 18 heteroatoms. The molecule has 0 aliphatic carbocycles. The highest BCUT2D eigenvalue weighted by atomic mass is 79.9. The molecule has 52 heavy (non-hydrogen) atoms. The summed E-state index contributed by atoms with van der Waals surface area (Å²) < 4.78 is 5.53. The lowest BCUT2D eigenvalue weighted by molar-refractivity contribution is 0.572. The first kappa shape index (κ1) is 34.7. The van der Waals surface area contributed by atoms with Crippen molar-refractivity contribution in [3.05, 3.63) is 140 Å². The summed E-state index contributed by atoms with van der Waals surface area (Å²) in [4.78, 5) is 3.11. The van der Waals surface area contributed by atoms with Crippen molar-refractivity contribution < 1.29 is 0 Å². The summed E-state index contributed by atoms with van der Waals surface area (Å²) in [6.45, 7) is 0.901. The molecule has 0 saturated carbocycles. The second-order valence-corrected chi connectivity index (χ2v) is 15.9. The average Bonchev–Trinajstić information content (AvgIpc) is 3.97. The molecule has 8 rings (SSSR count). The molecular formula is C34H22Br2Cl2N12S2. The Labute approximate surface area is 331 Å². The molecule has 0 atom stereocenters. The Hall–Kier alpha value is -4.32. The fraction of sp³-hybridized carbons (Fsp3) is 0.0588. The van der Waals surface area contributed by atoms with Gasteiger partial charge in [-0.3, -0.25) is 0 Å². The molecule has 0 bridgehead atoms. The van der Waals surface area contributed by atoms with Crippen LogP contribution in [0.3, 0.4) is 0 Å². The second kappa shape index (κ2) is 15.3. The Balaban J connectivity index is 1.17. The van der Waals surface area contributed by atoms with Crippen LogP contribution in [0.4, 0.5) is 0 Å². The van der Waals surface area contributed by atoms with Gasteiger partial charge in [0.1, 0.15) is 10.1 Å². The predicted molar refractivity (Wildman–Crippen MR) is 209 cm³/mol. The van der Waals surface area contributed by atoms with E-state index in [9.17, 15) is 0 Å². The van der Waals surface area contributed by atoms with Gasteiger partial charge in [-0.25, -0.2) is 9.36 Å². The summed E-state index contributed by atoms with van der Waals surface area (Å²) in [5.74, 6) is 0.826. The van der Waals surface area contributed by atoms with E-state index >= 15 is 0 Å². The third-order valence-corrected chi connectivity index (χ3v) is 11.8. The van der Waals surface area contributed by atoms with Gasteiger partial charge in [-0.05, 0) is 91.7 Å². The number of para-hydroxylation sites is 2. The van der Waals surface area contributed by atoms with E-state index in [-0.39, 0.29) is 0 Å². The Morgan fingerprint density at radius 2 is 0.942 bits per heavy atom. The highest BCUT2D eigenvalue weighted by Gasteiger charge is 2.25. The van der Waals surface area contributed by atoms with E-state index in [0.29, 0.717) is 67.3 Å². The van der Waals surface area contributed by atoms with Crippen molar-refractivity contribution in [1.29, 1.82) is 0 Å². The summed E-state index contributed by atoms with van der Waals surface area (Å²) in [5.41, 5.74) is 4.79. The van der Waals surface area contributed by atoms with Crippen molar-refractivity contribution in [3.63, 3.8) is 0 Å². The van der Waals surface area contributed by atoms with Gasteiger partial charge in [0, 0.05) is 8.95 Å². The summed E-state index contributed by atoms with van der Waals surface area (Å²) in [5, 5.41) is 38.9. The zero-order valence-electron chi connectivity index (χ0n) is 26.5. The van der Waals surface area contributed by atoms with E-state index in [0.717, 1.165) is 20.1 Å². The molecule has 0 saturated heterocycles. The molecule has 0 unspecified atom stereocenters. The Bertz CT molecular complexity index is 2320. The van der Waals surface area contributed by atoms with Crippen LogP contribution in [-0.4, -0.2) is 60.0 Å². The van der Waals surface area contributed by atoms with Crippen LogP contribution in [0.5, 0.6) is 0 Å². The zero-order valence-corrected chi connectivity index (χ0v) is 32.8. The van der Waals surface area contributed by atoms with Gasteiger partial charge in [0.05, 0.1) is 58.0 Å².